The van der Waals surface area contributed by atoms with E-state index in [1.165, 1.54) is 0 Å². The molecule has 0 saturated carbocycles. The number of rotatable bonds is 7. The minimum absolute atomic E-state index is 0.00125. The Kier molecular flexibility index (Phi) is 7.39. The number of aliphatic hydroxyl groups excluding tert-OH is 1. The van der Waals surface area contributed by atoms with Crippen molar-refractivity contribution in [2.45, 2.75) is 47.1 Å². The van der Waals surface area contributed by atoms with Gasteiger partial charge in [-0.15, -0.1) is 0 Å². The topological polar surface area (TPSA) is 52.6 Å². The highest BCUT2D eigenvalue weighted by Crippen LogP contribution is 2.20. The smallest absolute Gasteiger partial charge is 0.234 e. The van der Waals surface area contributed by atoms with E-state index in [4.69, 9.17) is 0 Å². The number of aliphatic hydroxyl groups is 1. The monoisotopic (exact) mass is 244 g/mol. The van der Waals surface area contributed by atoms with Crippen LogP contribution in [0.25, 0.3) is 0 Å². The van der Waals surface area contributed by atoms with E-state index < -0.39 is 0 Å². The third-order valence-corrected chi connectivity index (χ3v) is 2.71. The van der Waals surface area contributed by atoms with Gasteiger partial charge in [0.2, 0.25) is 5.91 Å². The van der Waals surface area contributed by atoms with E-state index in [1.807, 2.05) is 13.8 Å². The molecule has 0 aliphatic rings. The quantitative estimate of drug-likeness (QED) is 0.708. The third kappa shape index (κ3) is 8.16. The number of hydrogen-bond acceptors (Lipinski definition) is 3. The van der Waals surface area contributed by atoms with Gasteiger partial charge >= 0.3 is 0 Å². The fraction of sp³-hybridized carbons (Fsp3) is 0.923. The van der Waals surface area contributed by atoms with Crippen molar-refractivity contribution in [1.82, 2.24) is 10.2 Å². The highest BCUT2D eigenvalue weighted by atomic mass is 16.3. The second-order valence-corrected chi connectivity index (χ2v) is 5.67. The maximum Gasteiger partial charge on any atom is 0.234 e. The van der Waals surface area contributed by atoms with Crippen LogP contribution in [0.15, 0.2) is 0 Å². The van der Waals surface area contributed by atoms with Crippen molar-refractivity contribution >= 4 is 5.91 Å². The first-order chi connectivity index (χ1) is 7.82. The van der Waals surface area contributed by atoms with Crippen LogP contribution >= 0.6 is 0 Å². The molecule has 0 aromatic heterocycles. The minimum Gasteiger partial charge on any atom is -0.394 e. The Hall–Kier alpha value is -0.610. The molecule has 4 heteroatoms. The van der Waals surface area contributed by atoms with E-state index in [-0.39, 0.29) is 24.0 Å². The minimum atomic E-state index is -0.141. The summed E-state index contributed by atoms with van der Waals surface area (Å²) in [5, 5.41) is 12.2. The van der Waals surface area contributed by atoms with Crippen LogP contribution in [0.3, 0.4) is 0 Å². The predicted molar refractivity (Wildman–Crippen MR) is 70.9 cm³/mol. The first-order valence-corrected chi connectivity index (χ1v) is 6.45. The van der Waals surface area contributed by atoms with E-state index in [9.17, 15) is 9.90 Å². The number of hydrogen-bond donors (Lipinski definition) is 2. The zero-order chi connectivity index (χ0) is 13.5. The fourth-order valence-corrected chi connectivity index (χ4v) is 1.82. The molecule has 0 saturated heterocycles. The summed E-state index contributed by atoms with van der Waals surface area (Å²) in [7, 11) is 0. The summed E-state index contributed by atoms with van der Waals surface area (Å²) in [4.78, 5) is 13.8. The third-order valence-electron chi connectivity index (χ3n) is 2.71. The lowest BCUT2D eigenvalue weighted by molar-refractivity contribution is -0.123. The van der Waals surface area contributed by atoms with Gasteiger partial charge in [-0.25, -0.2) is 0 Å². The Morgan fingerprint density at radius 1 is 1.29 bits per heavy atom. The largest absolute Gasteiger partial charge is 0.394 e. The van der Waals surface area contributed by atoms with E-state index >= 15 is 0 Å². The molecule has 0 aromatic rings. The van der Waals surface area contributed by atoms with E-state index in [2.05, 4.69) is 31.0 Å². The van der Waals surface area contributed by atoms with Gasteiger partial charge in [0.15, 0.2) is 0 Å². The molecule has 1 atom stereocenters. The van der Waals surface area contributed by atoms with E-state index in [0.29, 0.717) is 6.54 Å². The molecule has 4 nitrogen and oxygen atoms in total. The normalized spacial score (nSPS) is 13.8. The summed E-state index contributed by atoms with van der Waals surface area (Å²) in [5.74, 6) is -0.00278. The number of nitrogens with one attached hydrogen (secondary N) is 1. The summed E-state index contributed by atoms with van der Waals surface area (Å²) >= 11 is 0. The molecule has 0 rings (SSSR count). The molecule has 0 bridgehead atoms. The first kappa shape index (κ1) is 16.4. The van der Waals surface area contributed by atoms with Crippen LogP contribution in [0, 0.1) is 5.41 Å². The van der Waals surface area contributed by atoms with Gasteiger partial charge in [-0.2, -0.15) is 0 Å². The number of likely N-dealkylation sites (N-methyl/N-ethyl adjacent to an activating group) is 1. The molecule has 1 unspecified atom stereocenters. The lowest BCUT2D eigenvalue weighted by atomic mass is 9.88. The molecule has 0 aliphatic carbocycles. The molecule has 0 fully saturated rings. The number of carbonyl (C=O) groups excluding carboxylic acids is 1. The average Bonchev–Trinajstić information content (AvgIpc) is 2.23. The average molecular weight is 244 g/mol. The zero-order valence-corrected chi connectivity index (χ0v) is 11.9. The second-order valence-electron chi connectivity index (χ2n) is 5.67. The number of nitrogens with zero attached hydrogens (tertiary/aromatic N) is 1. The van der Waals surface area contributed by atoms with Gasteiger partial charge in [0.05, 0.1) is 19.2 Å². The standard InChI is InChI=1S/C13H28N2O2/c1-6-15(7-2)9-12(17)14-11(10-16)8-13(3,4)5/h11,16H,6-10H2,1-5H3,(H,14,17). The molecule has 2 N–H and O–H groups in total. The van der Waals surface area contributed by atoms with Gasteiger partial charge < -0.3 is 10.4 Å². The Labute approximate surface area is 105 Å². The zero-order valence-electron chi connectivity index (χ0n) is 11.9. The van der Waals surface area contributed by atoms with Crippen LogP contribution in [0.5, 0.6) is 0 Å². The Balaban J connectivity index is 4.15. The van der Waals surface area contributed by atoms with Crippen LogP contribution in [-0.2, 0) is 4.79 Å². The molecule has 0 aliphatic heterocycles. The first-order valence-electron chi connectivity index (χ1n) is 6.45. The van der Waals surface area contributed by atoms with Crippen molar-refractivity contribution in [3.63, 3.8) is 0 Å². The summed E-state index contributed by atoms with van der Waals surface area (Å²) in [6.07, 6.45) is 0.785. The summed E-state index contributed by atoms with van der Waals surface area (Å²) in [5.41, 5.74) is 0.107. The lowest BCUT2D eigenvalue weighted by Gasteiger charge is -2.26. The van der Waals surface area contributed by atoms with Crippen molar-refractivity contribution in [3.8, 4) is 0 Å². The Morgan fingerprint density at radius 2 is 1.82 bits per heavy atom. The van der Waals surface area contributed by atoms with E-state index in [1.54, 1.807) is 0 Å². The van der Waals surface area contributed by atoms with Crippen LogP contribution in [0.1, 0.15) is 41.0 Å². The Bertz CT molecular complexity index is 220. The van der Waals surface area contributed by atoms with Gasteiger partial charge in [-0.1, -0.05) is 34.6 Å². The van der Waals surface area contributed by atoms with Crippen molar-refractivity contribution in [2.24, 2.45) is 5.41 Å². The van der Waals surface area contributed by atoms with Gasteiger partial charge in [-0.3, -0.25) is 9.69 Å². The van der Waals surface area contributed by atoms with Gasteiger partial charge in [-0.05, 0) is 24.9 Å². The van der Waals surface area contributed by atoms with Crippen molar-refractivity contribution in [2.75, 3.05) is 26.2 Å². The SMILES string of the molecule is CCN(CC)CC(=O)NC(CO)CC(C)(C)C. The summed E-state index contributed by atoms with van der Waals surface area (Å²) in [6, 6.07) is -0.141. The molecule has 102 valence electrons. The molecule has 0 spiro atoms. The number of carbonyl (C=O) groups is 1. The second kappa shape index (κ2) is 7.67. The molecule has 17 heavy (non-hydrogen) atoms. The summed E-state index contributed by atoms with van der Waals surface area (Å²) < 4.78 is 0. The predicted octanol–water partition coefficient (Wildman–Crippen LogP) is 1.24. The highest BCUT2D eigenvalue weighted by molar-refractivity contribution is 5.78. The molecule has 0 aromatic carbocycles. The summed E-state index contributed by atoms with van der Waals surface area (Å²) in [6.45, 7) is 12.5. The van der Waals surface area contributed by atoms with Crippen LogP contribution < -0.4 is 5.32 Å². The molecule has 0 radical (unpaired) electrons. The van der Waals surface area contributed by atoms with Crippen LogP contribution in [0.4, 0.5) is 0 Å². The molecular weight excluding hydrogens is 216 g/mol. The van der Waals surface area contributed by atoms with Crippen molar-refractivity contribution in [3.05, 3.63) is 0 Å². The van der Waals surface area contributed by atoms with E-state index in [0.717, 1.165) is 19.5 Å². The molecular formula is C13H28N2O2. The van der Waals surface area contributed by atoms with Crippen LogP contribution in [0.2, 0.25) is 0 Å². The van der Waals surface area contributed by atoms with Gasteiger partial charge in [0.25, 0.3) is 0 Å². The highest BCUT2D eigenvalue weighted by Gasteiger charge is 2.20. The fourth-order valence-electron chi connectivity index (χ4n) is 1.82. The molecule has 1 amide bonds. The number of amides is 1. The molecule has 0 heterocycles. The van der Waals surface area contributed by atoms with Crippen molar-refractivity contribution in [1.29, 1.82) is 0 Å². The van der Waals surface area contributed by atoms with Gasteiger partial charge in [0, 0.05) is 0 Å². The van der Waals surface area contributed by atoms with Crippen LogP contribution in [-0.4, -0.2) is 48.2 Å². The lowest BCUT2D eigenvalue weighted by Crippen LogP contribution is -2.45. The van der Waals surface area contributed by atoms with Gasteiger partial charge in [0.1, 0.15) is 0 Å². The maximum atomic E-state index is 11.8. The van der Waals surface area contributed by atoms with Crippen molar-refractivity contribution < 1.29 is 9.90 Å². The Morgan fingerprint density at radius 3 is 2.18 bits per heavy atom. The maximum absolute atomic E-state index is 11.8.